The summed E-state index contributed by atoms with van der Waals surface area (Å²) in [6.07, 6.45) is 3.92. The van der Waals surface area contributed by atoms with Crippen LogP contribution in [0, 0.1) is 11.7 Å². The molecule has 4 rings (SSSR count). The fourth-order valence-electron chi connectivity index (χ4n) is 6.35. The average Bonchev–Trinajstić information content (AvgIpc) is 3.57. The fraction of sp³-hybridized carbons (Fsp3) is 0.559. The number of benzene rings is 1. The van der Waals surface area contributed by atoms with E-state index in [1.165, 1.54) is 30.1 Å². The molecule has 1 aromatic heterocycles. The third kappa shape index (κ3) is 8.84. The predicted octanol–water partition coefficient (Wildman–Crippen LogP) is 3.22. The van der Waals surface area contributed by atoms with Crippen molar-refractivity contribution in [3.05, 3.63) is 59.4 Å². The van der Waals surface area contributed by atoms with Crippen LogP contribution >= 0.6 is 0 Å². The van der Waals surface area contributed by atoms with E-state index in [9.17, 15) is 23.6 Å². The van der Waals surface area contributed by atoms with Crippen LogP contribution in [0.3, 0.4) is 0 Å². The van der Waals surface area contributed by atoms with Gasteiger partial charge in [-0.2, -0.15) is 5.10 Å². The molecule has 262 valence electrons. The number of methoxy groups -OCH3 is 1. The molecule has 2 fully saturated rings. The molecule has 1 saturated carbocycles. The van der Waals surface area contributed by atoms with Gasteiger partial charge in [0, 0.05) is 51.4 Å². The predicted molar refractivity (Wildman–Crippen MR) is 176 cm³/mol. The van der Waals surface area contributed by atoms with Crippen LogP contribution in [-0.2, 0) is 25.7 Å². The number of amides is 4. The molecular weight excluding hydrogens is 624 g/mol. The minimum absolute atomic E-state index is 0.104. The van der Waals surface area contributed by atoms with Gasteiger partial charge in [-0.25, -0.2) is 8.78 Å². The number of anilines is 1. The molecule has 1 aliphatic heterocycles. The average molecular weight is 672 g/mol. The van der Waals surface area contributed by atoms with Crippen LogP contribution in [0.5, 0.6) is 0 Å². The molecule has 14 heteroatoms. The van der Waals surface area contributed by atoms with Crippen molar-refractivity contribution in [3.8, 4) is 0 Å². The van der Waals surface area contributed by atoms with Crippen molar-refractivity contribution in [2.45, 2.75) is 77.0 Å². The van der Waals surface area contributed by atoms with E-state index in [0.29, 0.717) is 69.3 Å². The number of carbonyl (C=O) groups excluding carboxylic acids is 4. The zero-order chi connectivity index (χ0) is 35.0. The lowest BCUT2D eigenvalue weighted by molar-refractivity contribution is -0.140. The van der Waals surface area contributed by atoms with Crippen LogP contribution in [0.2, 0.25) is 0 Å². The third-order valence-electron chi connectivity index (χ3n) is 9.52. The second-order valence-electron chi connectivity index (χ2n) is 12.7. The monoisotopic (exact) mass is 671 g/mol. The van der Waals surface area contributed by atoms with Crippen LogP contribution < -0.4 is 16.0 Å². The number of nitrogens with zero attached hydrogens (tertiary/aromatic N) is 4. The van der Waals surface area contributed by atoms with Gasteiger partial charge in [-0.05, 0) is 81.8 Å². The Balaban J connectivity index is 1.54. The van der Waals surface area contributed by atoms with Gasteiger partial charge in [-0.1, -0.05) is 13.0 Å². The van der Waals surface area contributed by atoms with E-state index in [2.05, 4.69) is 25.9 Å². The Labute approximate surface area is 280 Å². The Hall–Kier alpha value is -4.17. The summed E-state index contributed by atoms with van der Waals surface area (Å²) in [5.74, 6) is -3.51. The van der Waals surface area contributed by atoms with E-state index in [0.717, 1.165) is 0 Å². The van der Waals surface area contributed by atoms with Crippen molar-refractivity contribution < 1.29 is 32.7 Å². The number of hydrogen-bond acceptors (Lipinski definition) is 7. The largest absolute Gasteiger partial charge is 0.375 e. The Morgan fingerprint density at radius 3 is 2.48 bits per heavy atom. The zero-order valence-corrected chi connectivity index (χ0v) is 28.3. The minimum atomic E-state index is -1.01. The molecule has 4 amide bonds. The Morgan fingerprint density at radius 2 is 1.85 bits per heavy atom. The Morgan fingerprint density at radius 1 is 1.12 bits per heavy atom. The normalized spacial score (nSPS) is 20.4. The third-order valence-corrected chi connectivity index (χ3v) is 9.52. The molecule has 4 atom stereocenters. The fourth-order valence-corrected chi connectivity index (χ4v) is 6.35. The molecule has 1 unspecified atom stereocenters. The first-order valence-corrected chi connectivity index (χ1v) is 16.5. The zero-order valence-electron chi connectivity index (χ0n) is 28.3. The smallest absolute Gasteiger partial charge is 0.270 e. The molecule has 1 aromatic carbocycles. The van der Waals surface area contributed by atoms with Crippen LogP contribution in [0.15, 0.2) is 42.4 Å². The number of halogens is 2. The number of hydrogen-bond donors (Lipinski definition) is 3. The van der Waals surface area contributed by atoms with E-state index in [1.807, 2.05) is 20.9 Å². The number of aromatic nitrogens is 2. The molecule has 2 aliphatic rings. The van der Waals surface area contributed by atoms with Gasteiger partial charge in [0.15, 0.2) is 0 Å². The number of likely N-dealkylation sites (N-methyl/N-ethyl adjacent to an activating group) is 1. The first-order chi connectivity index (χ1) is 23.0. The van der Waals surface area contributed by atoms with Crippen molar-refractivity contribution in [3.63, 3.8) is 0 Å². The number of carbonyl (C=O) groups is 4. The highest BCUT2D eigenvalue weighted by molar-refractivity contribution is 6.00. The van der Waals surface area contributed by atoms with Gasteiger partial charge < -0.3 is 30.5 Å². The van der Waals surface area contributed by atoms with Crippen molar-refractivity contribution in [1.29, 1.82) is 0 Å². The van der Waals surface area contributed by atoms with E-state index in [1.54, 1.807) is 24.0 Å². The summed E-state index contributed by atoms with van der Waals surface area (Å²) in [6.45, 7) is 7.47. The quantitative estimate of drug-likeness (QED) is 0.315. The minimum Gasteiger partial charge on any atom is -0.375 e. The first kappa shape index (κ1) is 36.7. The van der Waals surface area contributed by atoms with Crippen LogP contribution in [0.25, 0.3) is 0 Å². The van der Waals surface area contributed by atoms with E-state index in [4.69, 9.17) is 4.74 Å². The van der Waals surface area contributed by atoms with Gasteiger partial charge in [-0.15, -0.1) is 0 Å². The summed E-state index contributed by atoms with van der Waals surface area (Å²) in [5.41, 5.74) is 1.27. The number of aryl methyl sites for hydroxylation is 1. The van der Waals surface area contributed by atoms with E-state index in [-0.39, 0.29) is 35.9 Å². The maximum atomic E-state index is 15.7. The SMILES string of the molecule is CCn1nccc1C(=O)NC(C(=O)Nc1ccc([C@H](C)[C@@H](NC(=O)COC)C(=O)N2CCN(C)[C@H](C)C2)cc1F)C1CCC(=CF)CC1. The molecule has 12 nitrogen and oxygen atoms in total. The maximum absolute atomic E-state index is 15.7. The number of nitrogens with one attached hydrogen (secondary N) is 3. The van der Waals surface area contributed by atoms with Gasteiger partial charge in [0.1, 0.15) is 30.2 Å². The van der Waals surface area contributed by atoms with Crippen LogP contribution in [-0.4, -0.2) is 102 Å². The molecule has 1 aliphatic carbocycles. The topological polar surface area (TPSA) is 138 Å². The molecule has 0 radical (unpaired) electrons. The Kier molecular flexibility index (Phi) is 12.8. The van der Waals surface area contributed by atoms with Crippen molar-refractivity contribution in [2.75, 3.05) is 45.7 Å². The van der Waals surface area contributed by atoms with Crippen LogP contribution in [0.4, 0.5) is 14.5 Å². The van der Waals surface area contributed by atoms with Gasteiger partial charge in [0.25, 0.3) is 5.91 Å². The molecule has 2 heterocycles. The maximum Gasteiger partial charge on any atom is 0.270 e. The van der Waals surface area contributed by atoms with Gasteiger partial charge in [0.2, 0.25) is 17.7 Å². The molecule has 3 N–H and O–H groups in total. The summed E-state index contributed by atoms with van der Waals surface area (Å²) >= 11 is 0. The first-order valence-electron chi connectivity index (χ1n) is 16.5. The summed E-state index contributed by atoms with van der Waals surface area (Å²) in [5, 5.41) is 12.3. The van der Waals surface area contributed by atoms with Crippen molar-refractivity contribution in [1.82, 2.24) is 30.2 Å². The summed E-state index contributed by atoms with van der Waals surface area (Å²) < 4.78 is 35.3. The van der Waals surface area contributed by atoms with E-state index >= 15 is 4.39 Å². The summed E-state index contributed by atoms with van der Waals surface area (Å²) in [4.78, 5) is 57.0. The molecule has 0 spiro atoms. The lowest BCUT2D eigenvalue weighted by atomic mass is 9.81. The highest BCUT2D eigenvalue weighted by atomic mass is 19.1. The molecule has 1 saturated heterocycles. The number of ether oxygens (including phenoxy) is 1. The summed E-state index contributed by atoms with van der Waals surface area (Å²) in [6, 6.07) is 3.94. The van der Waals surface area contributed by atoms with E-state index < -0.39 is 41.5 Å². The van der Waals surface area contributed by atoms with Crippen molar-refractivity contribution >= 4 is 29.3 Å². The number of allylic oxidation sites excluding steroid dienone is 1. The number of piperazine rings is 1. The second-order valence-corrected chi connectivity index (χ2v) is 12.7. The standard InChI is InChI=1S/C34H47F2N7O5/c1-6-43-28(13-14-37-43)32(45)40-31(24-9-7-23(18-35)8-10-24)33(46)38-27-12-11-25(17-26(27)36)22(3)30(39-29(44)20-48-5)34(47)42-16-15-41(4)21(2)19-42/h11-14,17-18,21-22,24,30-31H,6-10,15-16,19-20H2,1-5H3,(H,38,46)(H,39,44)(H,40,45)/t21-,22+,24?,30-,31?/m1/s1. The molecule has 2 aromatic rings. The molecule has 0 bridgehead atoms. The Bertz CT molecular complexity index is 1490. The van der Waals surface area contributed by atoms with Gasteiger partial charge in [0.05, 0.1) is 12.0 Å². The lowest BCUT2D eigenvalue weighted by Crippen LogP contribution is -2.58. The summed E-state index contributed by atoms with van der Waals surface area (Å²) in [7, 11) is 3.37. The van der Waals surface area contributed by atoms with Crippen LogP contribution in [0.1, 0.15) is 68.4 Å². The van der Waals surface area contributed by atoms with Gasteiger partial charge >= 0.3 is 0 Å². The highest BCUT2D eigenvalue weighted by Crippen LogP contribution is 2.32. The molecule has 48 heavy (non-hydrogen) atoms. The molecular formula is C34H47F2N7O5. The van der Waals surface area contributed by atoms with Gasteiger partial charge in [-0.3, -0.25) is 23.9 Å². The number of rotatable bonds is 12. The second kappa shape index (κ2) is 16.8. The lowest BCUT2D eigenvalue weighted by Gasteiger charge is -2.40. The van der Waals surface area contributed by atoms with Crippen molar-refractivity contribution in [2.24, 2.45) is 5.92 Å². The highest BCUT2D eigenvalue weighted by Gasteiger charge is 2.36.